The highest BCUT2D eigenvalue weighted by atomic mass is 16.5. The smallest absolute Gasteiger partial charge is 0.142 e. The highest BCUT2D eigenvalue weighted by Gasteiger charge is 2.27. The summed E-state index contributed by atoms with van der Waals surface area (Å²) in [7, 11) is 0. The van der Waals surface area contributed by atoms with Crippen molar-refractivity contribution in [2.75, 3.05) is 13.2 Å². The van der Waals surface area contributed by atoms with Crippen LogP contribution in [0, 0.1) is 0 Å². The molecule has 2 aromatic carbocycles. The van der Waals surface area contributed by atoms with Gasteiger partial charge in [0.25, 0.3) is 0 Å². The van der Waals surface area contributed by atoms with Gasteiger partial charge in [-0.05, 0) is 18.1 Å². The second-order valence-corrected chi connectivity index (χ2v) is 6.18. The molecular formula is C19H17NO2. The Kier molecular flexibility index (Phi) is 2.66. The number of rotatable bonds is 1. The first-order valence-corrected chi connectivity index (χ1v) is 7.83. The molecule has 1 saturated heterocycles. The summed E-state index contributed by atoms with van der Waals surface area (Å²) in [6.45, 7) is 1.56. The van der Waals surface area contributed by atoms with Crippen LogP contribution in [0.15, 0.2) is 53.0 Å². The van der Waals surface area contributed by atoms with Crippen LogP contribution < -0.4 is 5.32 Å². The molecular weight excluding hydrogens is 274 g/mol. The lowest BCUT2D eigenvalue weighted by atomic mass is 9.91. The highest BCUT2D eigenvalue weighted by molar-refractivity contribution is 6.08. The van der Waals surface area contributed by atoms with E-state index >= 15 is 0 Å². The number of morpholine rings is 1. The summed E-state index contributed by atoms with van der Waals surface area (Å²) in [5, 5.41) is 5.99. The minimum Gasteiger partial charge on any atom is -0.455 e. The Morgan fingerprint density at radius 2 is 1.86 bits per heavy atom. The summed E-state index contributed by atoms with van der Waals surface area (Å²) >= 11 is 0. The molecule has 1 N–H and O–H groups in total. The minimum absolute atomic E-state index is 0.321. The zero-order valence-corrected chi connectivity index (χ0v) is 12.2. The number of para-hydroxylation sites is 2. The fourth-order valence-electron chi connectivity index (χ4n) is 3.73. The molecule has 0 amide bonds. The molecule has 0 spiro atoms. The lowest BCUT2D eigenvalue weighted by Crippen LogP contribution is -2.50. The van der Waals surface area contributed by atoms with E-state index < -0.39 is 0 Å². The van der Waals surface area contributed by atoms with Crippen molar-refractivity contribution in [2.45, 2.75) is 18.5 Å². The van der Waals surface area contributed by atoms with Crippen molar-refractivity contribution in [2.24, 2.45) is 0 Å². The average molecular weight is 291 g/mol. The number of hydrogen-bond donors (Lipinski definition) is 1. The largest absolute Gasteiger partial charge is 0.455 e. The molecule has 110 valence electrons. The normalized spacial score (nSPS) is 24.6. The monoisotopic (exact) mass is 291 g/mol. The summed E-state index contributed by atoms with van der Waals surface area (Å²) in [4.78, 5) is 0. The molecule has 22 heavy (non-hydrogen) atoms. The van der Waals surface area contributed by atoms with E-state index in [0.29, 0.717) is 12.1 Å². The summed E-state index contributed by atoms with van der Waals surface area (Å²) in [6, 6.07) is 15.5. The zero-order chi connectivity index (χ0) is 14.5. The molecule has 1 aromatic heterocycles. The van der Waals surface area contributed by atoms with Gasteiger partial charge in [0, 0.05) is 28.4 Å². The van der Waals surface area contributed by atoms with Crippen LogP contribution >= 0.6 is 0 Å². The maximum absolute atomic E-state index is 6.17. The van der Waals surface area contributed by atoms with Crippen molar-refractivity contribution in [1.29, 1.82) is 0 Å². The number of fused-ring (bicyclic) bond motifs is 5. The molecule has 5 rings (SSSR count). The van der Waals surface area contributed by atoms with Crippen LogP contribution in [0.1, 0.15) is 12.0 Å². The Morgan fingerprint density at radius 3 is 2.82 bits per heavy atom. The van der Waals surface area contributed by atoms with E-state index in [-0.39, 0.29) is 0 Å². The Balaban J connectivity index is 1.73. The number of furan rings is 1. The van der Waals surface area contributed by atoms with Crippen LogP contribution in [0.5, 0.6) is 0 Å². The fraction of sp³-hybridized carbons (Fsp3) is 0.263. The van der Waals surface area contributed by atoms with Gasteiger partial charge in [-0.3, -0.25) is 0 Å². The lowest BCUT2D eigenvalue weighted by Gasteiger charge is -2.35. The van der Waals surface area contributed by atoms with Gasteiger partial charge >= 0.3 is 0 Å². The third kappa shape index (κ3) is 1.83. The Hall–Kier alpha value is -2.10. The molecule has 0 radical (unpaired) electrons. The Labute approximate surface area is 128 Å². The molecule has 3 heteroatoms. The minimum atomic E-state index is 0.321. The van der Waals surface area contributed by atoms with Gasteiger partial charge in [0.2, 0.25) is 0 Å². The molecule has 3 nitrogen and oxygen atoms in total. The van der Waals surface area contributed by atoms with E-state index in [1.807, 2.05) is 12.1 Å². The van der Waals surface area contributed by atoms with Crippen LogP contribution in [-0.2, 0) is 4.74 Å². The van der Waals surface area contributed by atoms with Gasteiger partial charge in [-0.15, -0.1) is 0 Å². The number of ether oxygens (including phenoxy) is 1. The maximum atomic E-state index is 6.17. The first-order valence-electron chi connectivity index (χ1n) is 7.83. The second kappa shape index (κ2) is 4.70. The summed E-state index contributed by atoms with van der Waals surface area (Å²) < 4.78 is 11.8. The van der Waals surface area contributed by atoms with Crippen LogP contribution in [-0.4, -0.2) is 25.3 Å². The molecule has 2 unspecified atom stereocenters. The highest BCUT2D eigenvalue weighted by Crippen LogP contribution is 2.36. The van der Waals surface area contributed by atoms with Gasteiger partial charge < -0.3 is 14.5 Å². The third-order valence-corrected chi connectivity index (χ3v) is 4.69. The molecule has 3 heterocycles. The standard InChI is InChI=1S/C19H17NO2/c1-2-7-18-16(4-1)17-6-3-5-15(19(17)22-18)12-8-13-10-21-11-14(9-12)20-13/h1-8,13-14,20H,9-11H2. The van der Waals surface area contributed by atoms with Crippen molar-refractivity contribution >= 4 is 27.5 Å². The molecule has 3 aromatic rings. The third-order valence-electron chi connectivity index (χ3n) is 4.69. The topological polar surface area (TPSA) is 34.4 Å². The Morgan fingerprint density at radius 1 is 0.955 bits per heavy atom. The molecule has 2 aliphatic rings. The van der Waals surface area contributed by atoms with E-state index in [9.17, 15) is 0 Å². The van der Waals surface area contributed by atoms with E-state index in [4.69, 9.17) is 9.15 Å². The maximum Gasteiger partial charge on any atom is 0.142 e. The van der Waals surface area contributed by atoms with Crippen molar-refractivity contribution < 1.29 is 9.15 Å². The first kappa shape index (κ1) is 12.4. The molecule has 2 atom stereocenters. The average Bonchev–Trinajstić information content (AvgIpc) is 2.93. The summed E-state index contributed by atoms with van der Waals surface area (Å²) in [5.74, 6) is 0. The number of nitrogens with one attached hydrogen (secondary N) is 1. The van der Waals surface area contributed by atoms with Crippen LogP contribution in [0.3, 0.4) is 0 Å². The second-order valence-electron chi connectivity index (χ2n) is 6.18. The predicted octanol–water partition coefficient (Wildman–Crippen LogP) is 3.73. The molecule has 2 bridgehead atoms. The zero-order valence-electron chi connectivity index (χ0n) is 12.2. The van der Waals surface area contributed by atoms with Gasteiger partial charge in [-0.1, -0.05) is 42.5 Å². The van der Waals surface area contributed by atoms with Gasteiger partial charge in [-0.2, -0.15) is 0 Å². The predicted molar refractivity (Wildman–Crippen MR) is 87.8 cm³/mol. The SMILES string of the molecule is C1=C(c2cccc3c2oc2ccccc23)CC2COCC1N2. The molecule has 0 aliphatic carbocycles. The van der Waals surface area contributed by atoms with Gasteiger partial charge in [-0.25, -0.2) is 0 Å². The van der Waals surface area contributed by atoms with E-state index in [1.54, 1.807) is 0 Å². The van der Waals surface area contributed by atoms with Crippen molar-refractivity contribution in [1.82, 2.24) is 5.32 Å². The van der Waals surface area contributed by atoms with Crippen molar-refractivity contribution in [3.05, 3.63) is 54.1 Å². The van der Waals surface area contributed by atoms with Gasteiger partial charge in [0.1, 0.15) is 11.2 Å². The number of hydrogen-bond acceptors (Lipinski definition) is 3. The van der Waals surface area contributed by atoms with Gasteiger partial charge in [0.05, 0.1) is 13.2 Å². The quantitative estimate of drug-likeness (QED) is 0.742. The van der Waals surface area contributed by atoms with Crippen molar-refractivity contribution in [3.63, 3.8) is 0 Å². The molecule has 1 fully saturated rings. The number of benzene rings is 2. The molecule has 2 aliphatic heterocycles. The Bertz CT molecular complexity index is 893. The van der Waals surface area contributed by atoms with E-state index in [0.717, 1.165) is 30.8 Å². The van der Waals surface area contributed by atoms with Crippen LogP contribution in [0.4, 0.5) is 0 Å². The van der Waals surface area contributed by atoms with E-state index in [2.05, 4.69) is 41.7 Å². The van der Waals surface area contributed by atoms with Gasteiger partial charge in [0.15, 0.2) is 0 Å². The van der Waals surface area contributed by atoms with Crippen LogP contribution in [0.2, 0.25) is 0 Å². The lowest BCUT2D eigenvalue weighted by molar-refractivity contribution is 0.0561. The first-order chi connectivity index (χ1) is 10.9. The fourth-order valence-corrected chi connectivity index (χ4v) is 3.73. The van der Waals surface area contributed by atoms with Crippen LogP contribution in [0.25, 0.3) is 27.5 Å². The summed E-state index contributed by atoms with van der Waals surface area (Å²) in [6.07, 6.45) is 3.30. The molecule has 0 saturated carbocycles. The van der Waals surface area contributed by atoms with Crippen molar-refractivity contribution in [3.8, 4) is 0 Å². The summed E-state index contributed by atoms with van der Waals surface area (Å²) in [5.41, 5.74) is 4.58. The van der Waals surface area contributed by atoms with E-state index in [1.165, 1.54) is 21.9 Å².